The molecule has 0 bridgehead atoms. The molecule has 1 aromatic heterocycles. The summed E-state index contributed by atoms with van der Waals surface area (Å²) >= 11 is 0. The Morgan fingerprint density at radius 3 is 2.13 bits per heavy atom. The first-order valence-electron chi connectivity index (χ1n) is 7.80. The second-order valence-electron chi connectivity index (χ2n) is 5.01. The molecule has 4 heteroatoms. The maximum Gasteiger partial charge on any atom is 0.205 e. The Kier molecular flexibility index (Phi) is 10.5. The van der Waals surface area contributed by atoms with Crippen LogP contribution in [0.1, 0.15) is 32.0 Å². The van der Waals surface area contributed by atoms with E-state index >= 15 is 0 Å². The van der Waals surface area contributed by atoms with Crippen molar-refractivity contribution in [2.24, 2.45) is 0 Å². The maximum absolute atomic E-state index is 2.36. The Labute approximate surface area is 157 Å². The smallest absolute Gasteiger partial charge is 0.205 e. The second kappa shape index (κ2) is 11.2. The average molecular weight is 426 g/mol. The number of nitrogens with zero attached hydrogens (tertiary/aromatic N) is 2. The Morgan fingerprint density at radius 2 is 1.57 bits per heavy atom. The number of hydrogen-bond acceptors (Lipinski definition) is 1. The summed E-state index contributed by atoms with van der Waals surface area (Å²) in [5.41, 5.74) is 3.76. The number of anilines is 1. The first kappa shape index (κ1) is 21.6. The van der Waals surface area contributed by atoms with Gasteiger partial charge in [0.2, 0.25) is 5.69 Å². The van der Waals surface area contributed by atoms with Crippen molar-refractivity contribution < 1.29 is 34.0 Å². The molecule has 0 saturated carbocycles. The lowest BCUT2D eigenvalue weighted by Gasteiger charge is -2.20. The third kappa shape index (κ3) is 5.95. The molecule has 0 amide bonds. The van der Waals surface area contributed by atoms with Gasteiger partial charge in [-0.15, -0.1) is 0 Å². The van der Waals surface area contributed by atoms with Crippen molar-refractivity contribution in [2.75, 3.05) is 18.0 Å². The average Bonchev–Trinajstić information content (AvgIpc) is 2.55. The van der Waals surface area contributed by atoms with E-state index in [4.69, 9.17) is 0 Å². The predicted molar refractivity (Wildman–Crippen MR) is 94.9 cm³/mol. The van der Waals surface area contributed by atoms with Crippen LogP contribution in [0, 0.1) is 0 Å². The lowest BCUT2D eigenvalue weighted by Crippen LogP contribution is -3.00. The minimum Gasteiger partial charge on any atom is -1.00 e. The van der Waals surface area contributed by atoms with Gasteiger partial charge >= 0.3 is 0 Å². The largest absolute Gasteiger partial charge is 1.00 e. The van der Waals surface area contributed by atoms with E-state index in [2.05, 4.69) is 91.1 Å². The van der Waals surface area contributed by atoms with Gasteiger partial charge in [-0.3, -0.25) is 0 Å². The second-order valence-corrected chi connectivity index (χ2v) is 5.01. The first-order chi connectivity index (χ1) is 10.3. The van der Waals surface area contributed by atoms with E-state index in [1.165, 1.54) is 16.9 Å². The number of hydrogen-bond donors (Lipinski definition) is 0. The normalized spacial score (nSPS) is 10.0. The standard InChI is InChI=1S/C19H25N2.HI.H2O/c1-4-20(5-2)19-14-11-17(12-15-19)10-13-18-9-7-8-16-21(18)6-3;;/h7-16H,4-6H2,1-3H3;1H;1H2/q+1;;/p-1. The molecule has 2 aromatic rings. The summed E-state index contributed by atoms with van der Waals surface area (Å²) in [6.07, 6.45) is 6.46. The van der Waals surface area contributed by atoms with Crippen molar-refractivity contribution in [1.29, 1.82) is 0 Å². The van der Waals surface area contributed by atoms with Crippen molar-refractivity contribution in [3.63, 3.8) is 0 Å². The molecule has 126 valence electrons. The van der Waals surface area contributed by atoms with Gasteiger partial charge in [0.05, 0.1) is 0 Å². The summed E-state index contributed by atoms with van der Waals surface area (Å²) in [4.78, 5) is 2.36. The fraction of sp³-hybridized carbons (Fsp3) is 0.316. The van der Waals surface area contributed by atoms with Crippen LogP contribution in [0.3, 0.4) is 0 Å². The van der Waals surface area contributed by atoms with E-state index in [0.29, 0.717) is 0 Å². The molecule has 0 fully saturated rings. The van der Waals surface area contributed by atoms with Crippen molar-refractivity contribution in [3.05, 3.63) is 59.9 Å². The third-order valence-corrected chi connectivity index (χ3v) is 3.78. The van der Waals surface area contributed by atoms with Gasteiger partial charge in [-0.25, -0.2) is 0 Å². The van der Waals surface area contributed by atoms with Gasteiger partial charge in [-0.2, -0.15) is 4.57 Å². The molecule has 2 N–H and O–H groups in total. The number of pyridine rings is 1. The Balaban J connectivity index is 0.00000242. The van der Waals surface area contributed by atoms with Crippen LogP contribution in [0.5, 0.6) is 0 Å². The molecular formula is C19H27IN2O. The van der Waals surface area contributed by atoms with Crippen LogP contribution >= 0.6 is 0 Å². The van der Waals surface area contributed by atoms with E-state index in [9.17, 15) is 0 Å². The molecule has 0 spiro atoms. The van der Waals surface area contributed by atoms with E-state index in [-0.39, 0.29) is 29.5 Å². The predicted octanol–water partition coefficient (Wildman–Crippen LogP) is 0.190. The maximum atomic E-state index is 2.36. The molecule has 0 unspecified atom stereocenters. The molecule has 0 radical (unpaired) electrons. The highest BCUT2D eigenvalue weighted by Gasteiger charge is 2.03. The molecule has 3 nitrogen and oxygen atoms in total. The lowest BCUT2D eigenvalue weighted by atomic mass is 10.1. The van der Waals surface area contributed by atoms with Gasteiger partial charge in [-0.05, 0) is 50.6 Å². The number of aryl methyl sites for hydroxylation is 1. The van der Waals surface area contributed by atoms with Gasteiger partial charge in [0.1, 0.15) is 6.54 Å². The molecule has 0 aliphatic rings. The lowest BCUT2D eigenvalue weighted by molar-refractivity contribution is -0.695. The SMILES string of the molecule is CCN(CC)c1ccc(/C=C/c2cccc[n+]2CC)cc1.O.[I-]. The Hall–Kier alpha value is -1.40. The van der Waals surface area contributed by atoms with Crippen LogP contribution in [0.15, 0.2) is 48.7 Å². The van der Waals surface area contributed by atoms with Crippen LogP contribution in [0.25, 0.3) is 12.2 Å². The molecule has 0 aliphatic carbocycles. The van der Waals surface area contributed by atoms with E-state index in [1.807, 2.05) is 0 Å². The van der Waals surface area contributed by atoms with E-state index in [0.717, 1.165) is 19.6 Å². The minimum atomic E-state index is 0. The van der Waals surface area contributed by atoms with E-state index < -0.39 is 0 Å². The van der Waals surface area contributed by atoms with Crippen molar-refractivity contribution in [3.8, 4) is 0 Å². The van der Waals surface area contributed by atoms with Crippen LogP contribution in [-0.4, -0.2) is 18.6 Å². The van der Waals surface area contributed by atoms with Gasteiger partial charge in [0.25, 0.3) is 0 Å². The molecule has 0 aliphatic heterocycles. The fourth-order valence-electron chi connectivity index (χ4n) is 2.50. The van der Waals surface area contributed by atoms with Crippen molar-refractivity contribution in [2.45, 2.75) is 27.3 Å². The zero-order valence-electron chi connectivity index (χ0n) is 14.2. The molecular weight excluding hydrogens is 399 g/mol. The van der Waals surface area contributed by atoms with Crippen molar-refractivity contribution >= 4 is 17.8 Å². The summed E-state index contributed by atoms with van der Waals surface area (Å²) in [6, 6.07) is 15.1. The third-order valence-electron chi connectivity index (χ3n) is 3.78. The fourth-order valence-corrected chi connectivity index (χ4v) is 2.50. The highest BCUT2D eigenvalue weighted by molar-refractivity contribution is 5.68. The number of halogens is 1. The highest BCUT2D eigenvalue weighted by atomic mass is 127. The number of rotatable bonds is 6. The van der Waals surface area contributed by atoms with Crippen LogP contribution < -0.4 is 33.4 Å². The highest BCUT2D eigenvalue weighted by Crippen LogP contribution is 2.16. The zero-order chi connectivity index (χ0) is 15.1. The number of benzene rings is 1. The molecule has 1 heterocycles. The van der Waals surface area contributed by atoms with Gasteiger partial charge < -0.3 is 34.4 Å². The summed E-state index contributed by atoms with van der Waals surface area (Å²) in [7, 11) is 0. The van der Waals surface area contributed by atoms with Crippen molar-refractivity contribution in [1.82, 2.24) is 0 Å². The van der Waals surface area contributed by atoms with Crippen LogP contribution in [0.2, 0.25) is 0 Å². The summed E-state index contributed by atoms with van der Waals surface area (Å²) < 4.78 is 2.24. The summed E-state index contributed by atoms with van der Waals surface area (Å²) in [5.74, 6) is 0. The summed E-state index contributed by atoms with van der Waals surface area (Å²) in [6.45, 7) is 9.63. The van der Waals surface area contributed by atoms with Crippen LogP contribution in [0.4, 0.5) is 5.69 Å². The molecule has 23 heavy (non-hydrogen) atoms. The van der Waals surface area contributed by atoms with Crippen LogP contribution in [-0.2, 0) is 6.54 Å². The molecule has 0 atom stereocenters. The quantitative estimate of drug-likeness (QED) is 0.480. The Morgan fingerprint density at radius 1 is 0.913 bits per heavy atom. The van der Waals surface area contributed by atoms with Gasteiger partial charge in [-0.1, -0.05) is 12.1 Å². The van der Waals surface area contributed by atoms with E-state index in [1.54, 1.807) is 0 Å². The Bertz CT molecular complexity index is 593. The minimum absolute atomic E-state index is 0. The van der Waals surface area contributed by atoms with Gasteiger partial charge in [0.15, 0.2) is 6.20 Å². The van der Waals surface area contributed by atoms with Gasteiger partial charge in [0, 0.05) is 37.0 Å². The molecule has 1 aromatic carbocycles. The number of aromatic nitrogens is 1. The topological polar surface area (TPSA) is 38.6 Å². The molecule has 0 saturated heterocycles. The first-order valence-corrected chi connectivity index (χ1v) is 7.80. The monoisotopic (exact) mass is 426 g/mol. The zero-order valence-corrected chi connectivity index (χ0v) is 16.3. The summed E-state index contributed by atoms with van der Waals surface area (Å²) in [5, 5.41) is 0. The molecule has 2 rings (SSSR count).